The van der Waals surface area contributed by atoms with Crippen molar-refractivity contribution in [2.24, 2.45) is 0 Å². The van der Waals surface area contributed by atoms with Gasteiger partial charge in [0.15, 0.2) is 0 Å². The molecule has 1 saturated heterocycles. The van der Waals surface area contributed by atoms with E-state index < -0.39 is 0 Å². The molecule has 0 spiro atoms. The predicted octanol–water partition coefficient (Wildman–Crippen LogP) is 3.52. The third-order valence-corrected chi connectivity index (χ3v) is 6.34. The number of carbonyl (C=O) groups is 1. The third kappa shape index (κ3) is 4.70. The fraction of sp³-hybridized carbons (Fsp3) is 0.273. The Morgan fingerprint density at radius 1 is 1.17 bits per heavy atom. The first kappa shape index (κ1) is 19.7. The van der Waals surface area contributed by atoms with Crippen LogP contribution in [-0.4, -0.2) is 23.5 Å². The molecule has 3 aromatic rings. The Kier molecular flexibility index (Phi) is 5.99. The normalized spacial score (nSPS) is 18.7. The van der Waals surface area contributed by atoms with Crippen LogP contribution in [0.5, 0.6) is 0 Å². The largest absolute Gasteiger partial charge is 0.354 e. The number of hydrazine groups is 1. The molecule has 3 N–H and O–H groups in total. The second kappa shape index (κ2) is 8.82. The van der Waals surface area contributed by atoms with Crippen molar-refractivity contribution in [3.8, 4) is 10.6 Å². The van der Waals surface area contributed by atoms with Gasteiger partial charge in [0.1, 0.15) is 16.9 Å². The number of amides is 1. The van der Waals surface area contributed by atoms with Gasteiger partial charge in [-0.3, -0.25) is 4.79 Å². The van der Waals surface area contributed by atoms with Crippen LogP contribution >= 0.6 is 11.3 Å². The maximum absolute atomic E-state index is 13.2. The first-order valence-electron chi connectivity index (χ1n) is 9.66. The van der Waals surface area contributed by atoms with E-state index in [0.717, 1.165) is 27.6 Å². The molecule has 2 heterocycles. The fourth-order valence-electron chi connectivity index (χ4n) is 3.45. The number of hydrogen-bond acceptors (Lipinski definition) is 5. The number of aromatic nitrogens is 1. The van der Waals surface area contributed by atoms with E-state index in [2.05, 4.69) is 33.3 Å². The lowest BCUT2D eigenvalue weighted by molar-refractivity contribution is -0.122. The Bertz CT molecular complexity index is 974. The average molecular weight is 411 g/mol. The highest BCUT2D eigenvalue weighted by Crippen LogP contribution is 2.34. The quantitative estimate of drug-likeness (QED) is 0.582. The van der Waals surface area contributed by atoms with Crippen LogP contribution in [0.25, 0.3) is 10.6 Å². The highest BCUT2D eigenvalue weighted by Gasteiger charge is 2.32. The number of benzene rings is 2. The number of hydrogen-bond donors (Lipinski definition) is 3. The minimum atomic E-state index is -0.286. The number of thiazole rings is 1. The third-order valence-electron chi connectivity index (χ3n) is 5.02. The Balaban J connectivity index is 1.34. The van der Waals surface area contributed by atoms with Crippen LogP contribution in [0.3, 0.4) is 0 Å². The number of carbonyl (C=O) groups excluding carboxylic acids is 1. The molecule has 0 aliphatic carbocycles. The van der Waals surface area contributed by atoms with E-state index in [1.54, 1.807) is 23.5 Å². The minimum absolute atomic E-state index is 0.00291. The molecule has 5 nitrogen and oxygen atoms in total. The van der Waals surface area contributed by atoms with Crippen LogP contribution in [0, 0.1) is 12.7 Å². The molecule has 1 fully saturated rings. The van der Waals surface area contributed by atoms with Crippen molar-refractivity contribution >= 4 is 17.2 Å². The second-order valence-electron chi connectivity index (χ2n) is 7.13. The van der Waals surface area contributed by atoms with Gasteiger partial charge in [-0.1, -0.05) is 30.3 Å². The predicted molar refractivity (Wildman–Crippen MR) is 113 cm³/mol. The molecule has 2 aromatic carbocycles. The van der Waals surface area contributed by atoms with Crippen molar-refractivity contribution in [1.82, 2.24) is 21.2 Å². The smallest absolute Gasteiger partial charge is 0.238 e. The summed E-state index contributed by atoms with van der Waals surface area (Å²) in [6.45, 7) is 2.58. The SMILES string of the molecule is Cc1nc(-c2ccc(F)cc2)sc1C1CC(C(=O)NCCc2ccccc2)NN1. The molecule has 7 heteroatoms. The summed E-state index contributed by atoms with van der Waals surface area (Å²) in [5.41, 5.74) is 9.36. The molecule has 1 aromatic heterocycles. The fourth-order valence-corrected chi connectivity index (χ4v) is 4.58. The number of halogens is 1. The molecule has 150 valence electrons. The lowest BCUT2D eigenvalue weighted by atomic mass is 10.1. The van der Waals surface area contributed by atoms with Gasteiger partial charge in [0.05, 0.1) is 11.7 Å². The second-order valence-corrected chi connectivity index (χ2v) is 8.16. The molecule has 2 unspecified atom stereocenters. The molecule has 1 amide bonds. The van der Waals surface area contributed by atoms with Crippen LogP contribution in [0.2, 0.25) is 0 Å². The zero-order chi connectivity index (χ0) is 20.2. The first-order valence-corrected chi connectivity index (χ1v) is 10.5. The summed E-state index contributed by atoms with van der Waals surface area (Å²) in [5, 5.41) is 3.86. The average Bonchev–Trinajstić information content (AvgIpc) is 3.36. The van der Waals surface area contributed by atoms with E-state index >= 15 is 0 Å². The summed E-state index contributed by atoms with van der Waals surface area (Å²) in [6.07, 6.45) is 1.47. The minimum Gasteiger partial charge on any atom is -0.354 e. The van der Waals surface area contributed by atoms with Gasteiger partial charge in [0.2, 0.25) is 5.91 Å². The molecule has 4 rings (SSSR count). The maximum Gasteiger partial charge on any atom is 0.238 e. The van der Waals surface area contributed by atoms with Crippen LogP contribution in [0.4, 0.5) is 4.39 Å². The summed E-state index contributed by atoms with van der Waals surface area (Å²) in [6, 6.07) is 16.2. The van der Waals surface area contributed by atoms with Crippen molar-refractivity contribution in [2.45, 2.75) is 31.8 Å². The molecule has 0 saturated carbocycles. The molecule has 29 heavy (non-hydrogen) atoms. The molecular weight excluding hydrogens is 387 g/mol. The summed E-state index contributed by atoms with van der Waals surface area (Å²) < 4.78 is 13.2. The van der Waals surface area contributed by atoms with Crippen LogP contribution in [0.1, 0.15) is 28.6 Å². The van der Waals surface area contributed by atoms with Crippen molar-refractivity contribution in [3.05, 3.63) is 76.5 Å². The van der Waals surface area contributed by atoms with Crippen molar-refractivity contribution in [1.29, 1.82) is 0 Å². The molecule has 0 bridgehead atoms. The molecule has 1 aliphatic heterocycles. The van der Waals surface area contributed by atoms with E-state index in [1.165, 1.54) is 17.7 Å². The summed E-state index contributed by atoms with van der Waals surface area (Å²) >= 11 is 1.58. The number of nitrogens with one attached hydrogen (secondary N) is 3. The zero-order valence-corrected chi connectivity index (χ0v) is 16.9. The number of rotatable bonds is 6. The Labute approximate surface area is 173 Å². The van der Waals surface area contributed by atoms with Gasteiger partial charge >= 0.3 is 0 Å². The molecule has 2 atom stereocenters. The van der Waals surface area contributed by atoms with E-state index in [9.17, 15) is 9.18 Å². The van der Waals surface area contributed by atoms with Crippen molar-refractivity contribution in [2.75, 3.05) is 6.54 Å². The number of nitrogens with zero attached hydrogens (tertiary/aromatic N) is 1. The van der Waals surface area contributed by atoms with Gasteiger partial charge < -0.3 is 5.32 Å². The lowest BCUT2D eigenvalue weighted by Gasteiger charge is -2.10. The Morgan fingerprint density at radius 2 is 1.93 bits per heavy atom. The maximum atomic E-state index is 13.2. The monoisotopic (exact) mass is 410 g/mol. The van der Waals surface area contributed by atoms with Gasteiger partial charge in [0.25, 0.3) is 0 Å². The summed E-state index contributed by atoms with van der Waals surface area (Å²) in [7, 11) is 0. The van der Waals surface area contributed by atoms with E-state index in [4.69, 9.17) is 0 Å². The summed E-state index contributed by atoms with van der Waals surface area (Å²) in [4.78, 5) is 18.2. The van der Waals surface area contributed by atoms with E-state index in [1.807, 2.05) is 25.1 Å². The van der Waals surface area contributed by atoms with Crippen molar-refractivity contribution in [3.63, 3.8) is 0 Å². The van der Waals surface area contributed by atoms with E-state index in [-0.39, 0.29) is 23.8 Å². The lowest BCUT2D eigenvalue weighted by Crippen LogP contribution is -2.43. The topological polar surface area (TPSA) is 66.0 Å². The van der Waals surface area contributed by atoms with Crippen LogP contribution < -0.4 is 16.2 Å². The van der Waals surface area contributed by atoms with Gasteiger partial charge in [-0.25, -0.2) is 20.2 Å². The zero-order valence-electron chi connectivity index (χ0n) is 16.1. The van der Waals surface area contributed by atoms with Gasteiger partial charge in [0, 0.05) is 17.0 Å². The van der Waals surface area contributed by atoms with Gasteiger partial charge in [-0.15, -0.1) is 11.3 Å². The number of aryl methyl sites for hydroxylation is 1. The van der Waals surface area contributed by atoms with Crippen LogP contribution in [-0.2, 0) is 11.2 Å². The van der Waals surface area contributed by atoms with Gasteiger partial charge in [-0.05, 0) is 49.6 Å². The first-order chi connectivity index (χ1) is 14.1. The van der Waals surface area contributed by atoms with Gasteiger partial charge in [-0.2, -0.15) is 0 Å². The Morgan fingerprint density at radius 3 is 2.69 bits per heavy atom. The Hall–Kier alpha value is -2.61. The van der Waals surface area contributed by atoms with Crippen LogP contribution in [0.15, 0.2) is 54.6 Å². The van der Waals surface area contributed by atoms with Crippen molar-refractivity contribution < 1.29 is 9.18 Å². The highest BCUT2D eigenvalue weighted by atomic mass is 32.1. The molecular formula is C22H23FN4OS. The highest BCUT2D eigenvalue weighted by molar-refractivity contribution is 7.15. The standard InChI is InChI=1S/C22H23FN4OS/c1-14-20(29-22(25-14)16-7-9-17(23)10-8-16)18-13-19(27-26-18)21(28)24-12-11-15-5-3-2-4-6-15/h2-10,18-19,26-27H,11-13H2,1H3,(H,24,28). The van der Waals surface area contributed by atoms with E-state index in [0.29, 0.717) is 13.0 Å². The molecule has 1 aliphatic rings. The molecule has 0 radical (unpaired) electrons. The summed E-state index contributed by atoms with van der Waals surface area (Å²) in [5.74, 6) is -0.262.